The highest BCUT2D eigenvalue weighted by Gasteiger charge is 2.54. The van der Waals surface area contributed by atoms with E-state index in [-0.39, 0.29) is 23.9 Å². The number of ether oxygens (including phenoxy) is 5. The maximum atomic E-state index is 12.4. The molecule has 2 unspecified atom stereocenters. The van der Waals surface area contributed by atoms with Gasteiger partial charge in [0, 0.05) is 0 Å². The summed E-state index contributed by atoms with van der Waals surface area (Å²) < 4.78 is 28.3. The fourth-order valence-corrected chi connectivity index (χ4v) is 6.17. The Hall–Kier alpha value is -2.93. The van der Waals surface area contributed by atoms with Crippen molar-refractivity contribution in [1.29, 1.82) is 0 Å². The molecule has 2 aliphatic rings. The highest BCUT2D eigenvalue weighted by Crippen LogP contribution is 2.56. The van der Waals surface area contributed by atoms with E-state index in [0.29, 0.717) is 36.0 Å². The lowest BCUT2D eigenvalue weighted by Gasteiger charge is -2.37. The van der Waals surface area contributed by atoms with E-state index >= 15 is 0 Å². The lowest BCUT2D eigenvalue weighted by molar-refractivity contribution is -0.152. The Morgan fingerprint density at radius 1 is 0.971 bits per heavy atom. The molecule has 0 spiro atoms. The largest absolute Gasteiger partial charge is 0.493 e. The number of benzene rings is 2. The topological polar surface area (TPSA) is 83.5 Å². The van der Waals surface area contributed by atoms with Crippen molar-refractivity contribution in [3.63, 3.8) is 0 Å². The van der Waals surface area contributed by atoms with E-state index in [0.717, 1.165) is 30.4 Å². The molecule has 35 heavy (non-hydrogen) atoms. The van der Waals surface area contributed by atoms with Crippen LogP contribution < -0.4 is 18.9 Å². The zero-order valence-corrected chi connectivity index (χ0v) is 21.2. The van der Waals surface area contributed by atoms with Crippen molar-refractivity contribution in [2.45, 2.75) is 38.7 Å². The van der Waals surface area contributed by atoms with Gasteiger partial charge in [-0.2, -0.15) is 0 Å². The Bertz CT molecular complexity index is 1050. The van der Waals surface area contributed by atoms with Gasteiger partial charge in [-0.15, -0.1) is 0 Å². The molecular weight excluding hydrogens is 448 g/mol. The van der Waals surface area contributed by atoms with Crippen LogP contribution in [0, 0.1) is 23.2 Å². The molecule has 1 N–H and O–H groups in total. The average molecular weight is 485 g/mol. The molecule has 0 radical (unpaired) electrons. The SMILES string of the molecule is COc1ccc(C[C@H]2CO[C@H](c3ccc(OC)c(OC)c3)[C@@H]2C2CCCC2(C)C(=O)O)cc1OC. The molecule has 5 atom stereocenters. The van der Waals surface area contributed by atoms with Crippen LogP contribution in [0.4, 0.5) is 0 Å². The van der Waals surface area contributed by atoms with Crippen molar-refractivity contribution in [1.82, 2.24) is 0 Å². The van der Waals surface area contributed by atoms with Gasteiger partial charge in [-0.25, -0.2) is 0 Å². The number of carboxylic acids is 1. The first-order valence-corrected chi connectivity index (χ1v) is 12.1. The summed E-state index contributed by atoms with van der Waals surface area (Å²) in [6.07, 6.45) is 3.02. The highest BCUT2D eigenvalue weighted by atomic mass is 16.5. The molecule has 7 heteroatoms. The van der Waals surface area contributed by atoms with Gasteiger partial charge in [0.25, 0.3) is 0 Å². The van der Waals surface area contributed by atoms with Gasteiger partial charge in [-0.05, 0) is 79.3 Å². The van der Waals surface area contributed by atoms with Crippen molar-refractivity contribution in [3.05, 3.63) is 47.5 Å². The third kappa shape index (κ3) is 4.66. The van der Waals surface area contributed by atoms with Crippen molar-refractivity contribution in [3.8, 4) is 23.0 Å². The van der Waals surface area contributed by atoms with Crippen LogP contribution in [0.2, 0.25) is 0 Å². The molecule has 0 bridgehead atoms. The molecule has 0 aromatic heterocycles. The number of rotatable bonds is 9. The Balaban J connectivity index is 1.71. The quantitative estimate of drug-likeness (QED) is 0.526. The maximum absolute atomic E-state index is 12.4. The minimum Gasteiger partial charge on any atom is -0.493 e. The monoisotopic (exact) mass is 484 g/mol. The number of hydrogen-bond acceptors (Lipinski definition) is 6. The van der Waals surface area contributed by atoms with Gasteiger partial charge >= 0.3 is 5.97 Å². The van der Waals surface area contributed by atoms with Crippen LogP contribution in [0.3, 0.4) is 0 Å². The lowest BCUT2D eigenvalue weighted by Crippen LogP contribution is -2.39. The van der Waals surface area contributed by atoms with Gasteiger partial charge in [-0.3, -0.25) is 4.79 Å². The summed E-state index contributed by atoms with van der Waals surface area (Å²) in [7, 11) is 6.49. The van der Waals surface area contributed by atoms with Crippen LogP contribution in [0.15, 0.2) is 36.4 Å². The van der Waals surface area contributed by atoms with Gasteiger partial charge in [0.05, 0.1) is 46.6 Å². The standard InChI is InChI=1S/C28H36O7/c1-28(27(29)30)12-6-7-20(28)25-19(13-17-8-10-21(31-2)23(14-17)33-4)16-35-26(25)18-9-11-22(32-3)24(15-18)34-5/h8-11,14-15,19-20,25-26H,6-7,12-13,16H2,1-5H3,(H,29,30)/t19-,20?,25-,26+,28?/m0/s1. The summed E-state index contributed by atoms with van der Waals surface area (Å²) in [5.74, 6) is 2.17. The molecule has 2 aromatic rings. The van der Waals surface area contributed by atoms with E-state index in [2.05, 4.69) is 0 Å². The third-order valence-electron chi connectivity index (χ3n) is 8.05. The molecule has 190 valence electrons. The zero-order valence-electron chi connectivity index (χ0n) is 21.2. The number of hydrogen-bond donors (Lipinski definition) is 1. The second-order valence-corrected chi connectivity index (χ2v) is 9.82. The molecule has 1 aliphatic heterocycles. The maximum Gasteiger partial charge on any atom is 0.309 e. The lowest BCUT2D eigenvalue weighted by atomic mass is 9.66. The fourth-order valence-electron chi connectivity index (χ4n) is 6.17. The highest BCUT2D eigenvalue weighted by molar-refractivity contribution is 5.75. The average Bonchev–Trinajstić information content (AvgIpc) is 3.46. The summed E-state index contributed by atoms with van der Waals surface area (Å²) in [6.45, 7) is 2.47. The van der Waals surface area contributed by atoms with Crippen LogP contribution in [-0.2, 0) is 16.0 Å². The zero-order chi connectivity index (χ0) is 25.2. The first-order valence-electron chi connectivity index (χ1n) is 12.1. The Morgan fingerprint density at radius 2 is 1.60 bits per heavy atom. The number of carboxylic acid groups (broad SMARTS) is 1. The van der Waals surface area contributed by atoms with E-state index in [1.54, 1.807) is 28.4 Å². The molecule has 2 aromatic carbocycles. The molecule has 0 amide bonds. The summed E-state index contributed by atoms with van der Waals surface area (Å²) in [4.78, 5) is 12.4. The first-order chi connectivity index (χ1) is 16.9. The van der Waals surface area contributed by atoms with Gasteiger partial charge in [-0.1, -0.05) is 18.6 Å². The summed E-state index contributed by atoms with van der Waals surface area (Å²) >= 11 is 0. The molecule has 1 heterocycles. The first kappa shape index (κ1) is 25.2. The summed E-state index contributed by atoms with van der Waals surface area (Å²) in [6, 6.07) is 11.8. The number of methoxy groups -OCH3 is 4. The third-order valence-corrected chi connectivity index (χ3v) is 8.05. The van der Waals surface area contributed by atoms with Crippen molar-refractivity contribution in [2.75, 3.05) is 35.0 Å². The van der Waals surface area contributed by atoms with Crippen LogP contribution in [0.1, 0.15) is 43.4 Å². The summed E-state index contributed by atoms with van der Waals surface area (Å²) in [5, 5.41) is 10.2. The van der Waals surface area contributed by atoms with Gasteiger partial charge in [0.2, 0.25) is 0 Å². The van der Waals surface area contributed by atoms with Crippen molar-refractivity contribution < 1.29 is 33.6 Å². The fraction of sp³-hybridized carbons (Fsp3) is 0.536. The second kappa shape index (κ2) is 10.4. The molecule has 4 rings (SSSR count). The molecule has 1 saturated carbocycles. The smallest absolute Gasteiger partial charge is 0.309 e. The Kier molecular flexibility index (Phi) is 7.45. The normalized spacial score (nSPS) is 28.0. The predicted molar refractivity (Wildman–Crippen MR) is 132 cm³/mol. The van der Waals surface area contributed by atoms with E-state index < -0.39 is 11.4 Å². The molecule has 1 saturated heterocycles. The van der Waals surface area contributed by atoms with Gasteiger partial charge in [0.15, 0.2) is 23.0 Å². The van der Waals surface area contributed by atoms with Crippen LogP contribution in [0.5, 0.6) is 23.0 Å². The van der Waals surface area contributed by atoms with E-state index in [1.165, 1.54) is 0 Å². The van der Waals surface area contributed by atoms with Gasteiger partial charge < -0.3 is 28.8 Å². The second-order valence-electron chi connectivity index (χ2n) is 9.82. The van der Waals surface area contributed by atoms with Crippen molar-refractivity contribution >= 4 is 5.97 Å². The minimum absolute atomic E-state index is 0.00532. The van der Waals surface area contributed by atoms with Crippen LogP contribution >= 0.6 is 0 Å². The van der Waals surface area contributed by atoms with E-state index in [1.807, 2.05) is 43.3 Å². The minimum atomic E-state index is -0.775. The Morgan fingerprint density at radius 3 is 2.23 bits per heavy atom. The molecule has 2 fully saturated rings. The van der Waals surface area contributed by atoms with Crippen molar-refractivity contribution in [2.24, 2.45) is 23.2 Å². The Labute approximate surface area is 207 Å². The molecule has 7 nitrogen and oxygen atoms in total. The molecule has 1 aliphatic carbocycles. The predicted octanol–water partition coefficient (Wildman–Crippen LogP) is 5.16. The summed E-state index contributed by atoms with van der Waals surface area (Å²) in [5.41, 5.74) is 1.33. The van der Waals surface area contributed by atoms with Crippen LogP contribution in [0.25, 0.3) is 0 Å². The van der Waals surface area contributed by atoms with Crippen LogP contribution in [-0.4, -0.2) is 46.1 Å². The van der Waals surface area contributed by atoms with E-state index in [9.17, 15) is 9.90 Å². The van der Waals surface area contributed by atoms with E-state index in [4.69, 9.17) is 23.7 Å². The van der Waals surface area contributed by atoms with Gasteiger partial charge in [0.1, 0.15) is 0 Å². The molecular formula is C28H36O7. The number of carbonyl (C=O) groups is 1. The number of aliphatic carboxylic acids is 1.